The summed E-state index contributed by atoms with van der Waals surface area (Å²) in [6.45, 7) is 12.6. The minimum Gasteiger partial charge on any atom is -0.354 e. The molecule has 4 aromatic rings. The molecule has 11 heteroatoms. The number of H-pyrrole nitrogens is 2. The Bertz CT molecular complexity index is 1560. The minimum absolute atomic E-state index is 0.0940. The van der Waals surface area contributed by atoms with Crippen LogP contribution in [0.4, 0.5) is 11.6 Å². The van der Waals surface area contributed by atoms with Gasteiger partial charge in [-0.25, -0.2) is 9.97 Å². The number of anilines is 2. The van der Waals surface area contributed by atoms with Gasteiger partial charge in [-0.3, -0.25) is 19.3 Å². The van der Waals surface area contributed by atoms with Crippen LogP contribution in [0.2, 0.25) is 0 Å². The Morgan fingerprint density at radius 2 is 1.28 bits per heavy atom. The molecule has 11 nitrogen and oxygen atoms in total. The Kier molecular flexibility index (Phi) is 11.8. The van der Waals surface area contributed by atoms with Crippen LogP contribution in [0.3, 0.4) is 0 Å². The molecule has 0 unspecified atom stereocenters. The maximum absolute atomic E-state index is 11.3. The van der Waals surface area contributed by atoms with Crippen LogP contribution in [0.1, 0.15) is 27.0 Å². The number of aldehydes is 1. The quantitative estimate of drug-likeness (QED) is 0.303. The third-order valence-electron chi connectivity index (χ3n) is 7.13. The number of aromatic nitrogens is 4. The van der Waals surface area contributed by atoms with Crippen LogP contribution < -0.4 is 26.2 Å². The molecule has 43 heavy (non-hydrogen) atoms. The van der Waals surface area contributed by atoms with E-state index in [2.05, 4.69) is 71.1 Å². The van der Waals surface area contributed by atoms with E-state index in [1.165, 1.54) is 29.8 Å². The molecule has 2 aliphatic rings. The van der Waals surface area contributed by atoms with E-state index in [-0.39, 0.29) is 11.1 Å². The zero-order valence-corrected chi connectivity index (χ0v) is 24.8. The predicted octanol–water partition coefficient (Wildman–Crippen LogP) is 2.39. The summed E-state index contributed by atoms with van der Waals surface area (Å²) < 4.78 is 0. The molecule has 0 saturated carbocycles. The standard InChI is InChI=1S/C16H20N4O.C8H12N4O.C8H8O/c1-13-3-2-4-14(9-13)11-19-5-7-20(8-6-19)15-10-16(21)18-12-17-15;13-8-5-7(10-6-11-8)12-3-1-9-2-4-12;1-7-3-2-4-8(5-7)6-9/h2-4,9-10,12H,5-8,11H2,1H3,(H,17,18,21);5-6,9H,1-4H2,(H,10,11,13);2-6H,1H3. The molecule has 0 bridgehead atoms. The Balaban J connectivity index is 0.000000163. The van der Waals surface area contributed by atoms with Crippen LogP contribution in [0.15, 0.2) is 82.9 Å². The summed E-state index contributed by atoms with van der Waals surface area (Å²) in [6, 6.07) is 19.2. The second-order valence-corrected chi connectivity index (χ2v) is 10.6. The first-order valence-electron chi connectivity index (χ1n) is 14.5. The average molecular weight is 585 g/mol. The predicted molar refractivity (Wildman–Crippen MR) is 170 cm³/mol. The highest BCUT2D eigenvalue weighted by molar-refractivity contribution is 5.74. The van der Waals surface area contributed by atoms with Crippen LogP contribution in [-0.2, 0) is 6.54 Å². The van der Waals surface area contributed by atoms with Crippen molar-refractivity contribution in [3.63, 3.8) is 0 Å². The molecular formula is C32H40N8O3. The molecule has 2 aromatic heterocycles. The summed E-state index contributed by atoms with van der Waals surface area (Å²) in [5.74, 6) is 1.54. The van der Waals surface area contributed by atoms with Crippen molar-refractivity contribution in [1.29, 1.82) is 0 Å². The van der Waals surface area contributed by atoms with Crippen molar-refractivity contribution < 1.29 is 4.79 Å². The van der Waals surface area contributed by atoms with Gasteiger partial charge in [0.2, 0.25) is 0 Å². The van der Waals surface area contributed by atoms with E-state index in [4.69, 9.17) is 0 Å². The summed E-state index contributed by atoms with van der Waals surface area (Å²) in [5.41, 5.74) is 4.34. The number of aryl methyl sites for hydroxylation is 2. The molecule has 0 spiro atoms. The Morgan fingerprint density at radius 1 is 0.721 bits per heavy atom. The van der Waals surface area contributed by atoms with Gasteiger partial charge in [0.25, 0.3) is 11.1 Å². The monoisotopic (exact) mass is 584 g/mol. The minimum atomic E-state index is -0.0952. The van der Waals surface area contributed by atoms with E-state index >= 15 is 0 Å². The fraction of sp³-hybridized carbons (Fsp3) is 0.344. The number of nitrogens with zero attached hydrogens (tertiary/aromatic N) is 5. The fourth-order valence-corrected chi connectivity index (χ4v) is 4.90. The van der Waals surface area contributed by atoms with Crippen molar-refractivity contribution >= 4 is 17.9 Å². The lowest BCUT2D eigenvalue weighted by Gasteiger charge is -2.35. The maximum atomic E-state index is 11.3. The summed E-state index contributed by atoms with van der Waals surface area (Å²) in [6.07, 6.45) is 3.77. The van der Waals surface area contributed by atoms with Gasteiger partial charge in [0.05, 0.1) is 12.7 Å². The van der Waals surface area contributed by atoms with Gasteiger partial charge in [-0.1, -0.05) is 53.6 Å². The lowest BCUT2D eigenvalue weighted by molar-refractivity contribution is 0.112. The van der Waals surface area contributed by atoms with Gasteiger partial charge >= 0.3 is 0 Å². The number of carbonyl (C=O) groups is 1. The lowest BCUT2D eigenvalue weighted by Crippen LogP contribution is -2.46. The number of nitrogens with one attached hydrogen (secondary N) is 3. The van der Waals surface area contributed by atoms with Gasteiger partial charge in [-0.2, -0.15) is 0 Å². The number of piperazine rings is 2. The number of benzene rings is 2. The van der Waals surface area contributed by atoms with Gasteiger partial charge in [-0.05, 0) is 25.5 Å². The largest absolute Gasteiger partial charge is 0.354 e. The highest BCUT2D eigenvalue weighted by Gasteiger charge is 2.18. The van der Waals surface area contributed by atoms with Gasteiger partial charge in [0.1, 0.15) is 17.9 Å². The summed E-state index contributed by atoms with van der Waals surface area (Å²) in [7, 11) is 0. The molecule has 0 amide bonds. The topological polar surface area (TPSA) is 130 Å². The number of rotatable bonds is 5. The van der Waals surface area contributed by atoms with Gasteiger partial charge in [0.15, 0.2) is 0 Å². The molecule has 226 valence electrons. The summed E-state index contributed by atoms with van der Waals surface area (Å²) in [4.78, 5) is 52.6. The van der Waals surface area contributed by atoms with Crippen LogP contribution in [-0.4, -0.2) is 83.5 Å². The highest BCUT2D eigenvalue weighted by atomic mass is 16.1. The van der Waals surface area contributed by atoms with E-state index in [1.54, 1.807) is 12.1 Å². The molecule has 2 saturated heterocycles. The van der Waals surface area contributed by atoms with Crippen molar-refractivity contribution in [2.45, 2.75) is 20.4 Å². The second-order valence-electron chi connectivity index (χ2n) is 10.6. The number of carbonyl (C=O) groups excluding carboxylic acids is 1. The van der Waals surface area contributed by atoms with Gasteiger partial charge in [-0.15, -0.1) is 0 Å². The zero-order valence-electron chi connectivity index (χ0n) is 24.8. The Labute approximate surface area is 251 Å². The molecule has 6 rings (SSSR count). The van der Waals surface area contributed by atoms with E-state index in [9.17, 15) is 14.4 Å². The fourth-order valence-electron chi connectivity index (χ4n) is 4.90. The van der Waals surface area contributed by atoms with Crippen LogP contribution in [0.5, 0.6) is 0 Å². The molecule has 0 aliphatic carbocycles. The van der Waals surface area contributed by atoms with Crippen molar-refractivity contribution in [2.24, 2.45) is 0 Å². The maximum Gasteiger partial charge on any atom is 0.252 e. The van der Waals surface area contributed by atoms with E-state index in [1.807, 2.05) is 25.1 Å². The highest BCUT2D eigenvalue weighted by Crippen LogP contribution is 2.14. The molecule has 2 aromatic carbocycles. The smallest absolute Gasteiger partial charge is 0.252 e. The Morgan fingerprint density at radius 3 is 1.79 bits per heavy atom. The van der Waals surface area contributed by atoms with Crippen LogP contribution in [0.25, 0.3) is 0 Å². The molecule has 0 radical (unpaired) electrons. The molecular weight excluding hydrogens is 544 g/mol. The van der Waals surface area contributed by atoms with Gasteiger partial charge in [0, 0.05) is 76.6 Å². The first-order valence-corrected chi connectivity index (χ1v) is 14.5. The van der Waals surface area contributed by atoms with E-state index in [0.29, 0.717) is 0 Å². The van der Waals surface area contributed by atoms with Crippen LogP contribution >= 0.6 is 0 Å². The molecule has 4 heterocycles. The molecule has 2 fully saturated rings. The normalized spacial score (nSPS) is 15.0. The number of hydrogen-bond donors (Lipinski definition) is 3. The van der Waals surface area contributed by atoms with Crippen molar-refractivity contribution in [2.75, 3.05) is 62.2 Å². The lowest BCUT2D eigenvalue weighted by atomic mass is 10.1. The number of hydrogen-bond acceptors (Lipinski definition) is 9. The first-order chi connectivity index (χ1) is 20.9. The summed E-state index contributed by atoms with van der Waals surface area (Å²) in [5, 5.41) is 3.24. The molecule has 0 atom stereocenters. The average Bonchev–Trinajstić information content (AvgIpc) is 3.02. The zero-order chi connectivity index (χ0) is 30.4. The number of aromatic amines is 2. The molecule has 3 N–H and O–H groups in total. The van der Waals surface area contributed by atoms with E-state index in [0.717, 1.165) is 88.0 Å². The summed E-state index contributed by atoms with van der Waals surface area (Å²) >= 11 is 0. The SMILES string of the molecule is Cc1cccc(C=O)c1.Cc1cccc(CN2CCN(c3cc(=O)[nH]cn3)CC2)c1.O=c1cc(N2CCNCC2)nc[nH]1. The Hall–Kier alpha value is -4.61. The van der Waals surface area contributed by atoms with E-state index < -0.39 is 0 Å². The van der Waals surface area contributed by atoms with Crippen LogP contribution in [0, 0.1) is 13.8 Å². The van der Waals surface area contributed by atoms with Crippen molar-refractivity contribution in [1.82, 2.24) is 30.2 Å². The van der Waals surface area contributed by atoms with Crippen molar-refractivity contribution in [3.8, 4) is 0 Å². The second kappa shape index (κ2) is 16.1. The van der Waals surface area contributed by atoms with Crippen molar-refractivity contribution in [3.05, 3.63) is 116 Å². The third-order valence-corrected chi connectivity index (χ3v) is 7.13. The van der Waals surface area contributed by atoms with Gasteiger partial charge < -0.3 is 25.1 Å². The third kappa shape index (κ3) is 10.3. The molecule has 2 aliphatic heterocycles. The first kappa shape index (κ1) is 31.3.